The van der Waals surface area contributed by atoms with E-state index in [-0.39, 0.29) is 12.8 Å². The minimum absolute atomic E-state index is 0.145. The molecule has 0 spiro atoms. The third-order valence-corrected chi connectivity index (χ3v) is 3.03. The van der Waals surface area contributed by atoms with E-state index in [4.69, 9.17) is 10.5 Å². The summed E-state index contributed by atoms with van der Waals surface area (Å²) in [6, 6.07) is 0. The summed E-state index contributed by atoms with van der Waals surface area (Å²) in [7, 11) is 0. The molecule has 0 heterocycles. The Morgan fingerprint density at radius 2 is 1.52 bits per heavy atom. The second-order valence-corrected chi connectivity index (χ2v) is 6.97. The number of carboxylic acids is 1. The predicted octanol–water partition coefficient (Wildman–Crippen LogP) is 2.07. The molecule has 0 aliphatic carbocycles. The molecule has 0 aliphatic heterocycles. The molecule has 0 saturated carbocycles. The van der Waals surface area contributed by atoms with Crippen molar-refractivity contribution >= 4 is 18.1 Å². The summed E-state index contributed by atoms with van der Waals surface area (Å²) in [6.45, 7) is 9.90. The summed E-state index contributed by atoms with van der Waals surface area (Å²) in [6.07, 6.45) is -1.55. The second kappa shape index (κ2) is 6.43. The fourth-order valence-electron chi connectivity index (χ4n) is 1.52. The first-order valence-corrected chi connectivity index (χ1v) is 6.65. The van der Waals surface area contributed by atoms with E-state index in [1.165, 1.54) is 0 Å². The molecule has 0 aromatic carbocycles. The van der Waals surface area contributed by atoms with Crippen LogP contribution < -0.4 is 5.73 Å². The predicted molar refractivity (Wildman–Crippen MR) is 75.6 cm³/mol. The molecular formula is C14H25NO6. The molecule has 0 aliphatic rings. The van der Waals surface area contributed by atoms with Gasteiger partial charge in [-0.25, -0.2) is 4.79 Å². The van der Waals surface area contributed by atoms with Crippen LogP contribution in [0.1, 0.15) is 54.4 Å². The lowest BCUT2D eigenvalue weighted by Gasteiger charge is -2.37. The maximum absolute atomic E-state index is 11.6. The summed E-state index contributed by atoms with van der Waals surface area (Å²) >= 11 is 0. The van der Waals surface area contributed by atoms with E-state index >= 15 is 0 Å². The van der Waals surface area contributed by atoms with Gasteiger partial charge in [0.05, 0.1) is 0 Å². The minimum atomic E-state index is -1.60. The van der Waals surface area contributed by atoms with Crippen molar-refractivity contribution in [1.82, 2.24) is 0 Å². The molecule has 0 fully saturated rings. The van der Waals surface area contributed by atoms with Gasteiger partial charge in [0.2, 0.25) is 0 Å². The fourth-order valence-corrected chi connectivity index (χ4v) is 1.52. The number of aliphatic carboxylic acids is 1. The number of rotatable bonds is 4. The van der Waals surface area contributed by atoms with Crippen molar-refractivity contribution in [2.45, 2.75) is 65.5 Å². The van der Waals surface area contributed by atoms with E-state index in [0.29, 0.717) is 0 Å². The highest BCUT2D eigenvalue weighted by molar-refractivity contribution is 5.84. The molecular weight excluding hydrogens is 278 g/mol. The highest BCUT2D eigenvalue weighted by Crippen LogP contribution is 2.32. The van der Waals surface area contributed by atoms with Crippen LogP contribution in [-0.4, -0.2) is 34.3 Å². The maximum Gasteiger partial charge on any atom is 0.516 e. The number of hydrogen-bond acceptors (Lipinski definition) is 6. The Labute approximate surface area is 124 Å². The molecule has 3 N–H and O–H groups in total. The van der Waals surface area contributed by atoms with Gasteiger partial charge in [-0.15, -0.1) is 0 Å². The Bertz CT molecular complexity index is 418. The highest BCUT2D eigenvalue weighted by Gasteiger charge is 2.45. The fraction of sp³-hybridized carbons (Fsp3) is 0.786. The van der Waals surface area contributed by atoms with Gasteiger partial charge in [0.25, 0.3) is 0 Å². The van der Waals surface area contributed by atoms with Gasteiger partial charge >= 0.3 is 18.1 Å². The van der Waals surface area contributed by atoms with Crippen LogP contribution in [0.2, 0.25) is 0 Å². The van der Waals surface area contributed by atoms with Gasteiger partial charge in [-0.3, -0.25) is 9.59 Å². The number of carboxylic acid groups (broad SMARTS) is 1. The Kier molecular flexibility index (Phi) is 5.93. The van der Waals surface area contributed by atoms with Crippen LogP contribution in [0.15, 0.2) is 0 Å². The van der Waals surface area contributed by atoms with Crippen molar-refractivity contribution in [2.75, 3.05) is 0 Å². The SMILES string of the molecule is CC(C)(C)OC(=O)OC(=O)CC[C@](N)(C(=O)O)C(C)(C)C. The monoisotopic (exact) mass is 303 g/mol. The topological polar surface area (TPSA) is 116 Å². The summed E-state index contributed by atoms with van der Waals surface area (Å²) in [5.74, 6) is -2.08. The third-order valence-electron chi connectivity index (χ3n) is 3.03. The molecule has 7 heteroatoms. The van der Waals surface area contributed by atoms with Crippen LogP contribution >= 0.6 is 0 Å². The normalized spacial score (nSPS) is 15.0. The largest absolute Gasteiger partial charge is 0.516 e. The first-order chi connectivity index (χ1) is 9.19. The molecule has 0 amide bonds. The van der Waals surface area contributed by atoms with Crippen molar-refractivity contribution in [3.05, 3.63) is 0 Å². The first kappa shape index (κ1) is 19.4. The van der Waals surface area contributed by atoms with Gasteiger partial charge in [0.1, 0.15) is 11.1 Å². The van der Waals surface area contributed by atoms with E-state index in [1.54, 1.807) is 41.5 Å². The van der Waals surface area contributed by atoms with E-state index in [9.17, 15) is 19.5 Å². The van der Waals surface area contributed by atoms with Crippen LogP contribution in [0, 0.1) is 5.41 Å². The molecule has 0 unspecified atom stereocenters. The van der Waals surface area contributed by atoms with Crippen LogP contribution in [0.25, 0.3) is 0 Å². The average Bonchev–Trinajstić information content (AvgIpc) is 2.20. The molecule has 0 aromatic heterocycles. The quantitative estimate of drug-likeness (QED) is 0.603. The maximum atomic E-state index is 11.6. The molecule has 0 rings (SSSR count). The zero-order chi connectivity index (χ0) is 17.1. The van der Waals surface area contributed by atoms with Crippen molar-refractivity contribution in [2.24, 2.45) is 11.1 Å². The molecule has 7 nitrogen and oxygen atoms in total. The molecule has 0 radical (unpaired) electrons. The van der Waals surface area contributed by atoms with Gasteiger partial charge in [-0.1, -0.05) is 20.8 Å². The molecule has 122 valence electrons. The summed E-state index contributed by atoms with van der Waals surface area (Å²) < 4.78 is 9.29. The first-order valence-electron chi connectivity index (χ1n) is 6.65. The lowest BCUT2D eigenvalue weighted by molar-refractivity contribution is -0.149. The smallest absolute Gasteiger partial charge is 0.480 e. The van der Waals surface area contributed by atoms with Crippen molar-refractivity contribution < 1.29 is 29.0 Å². The van der Waals surface area contributed by atoms with E-state index in [2.05, 4.69) is 4.74 Å². The molecule has 1 atom stereocenters. The molecule has 0 aromatic rings. The standard InChI is InChI=1S/C14H25NO6/c1-12(2,3)14(15,10(17)18)8-7-9(16)20-11(19)21-13(4,5)6/h7-8,15H2,1-6H3,(H,17,18)/t14-/m0/s1. The summed E-state index contributed by atoms with van der Waals surface area (Å²) in [5.41, 5.74) is 2.74. The van der Waals surface area contributed by atoms with Crippen molar-refractivity contribution in [1.29, 1.82) is 0 Å². The van der Waals surface area contributed by atoms with Gasteiger partial charge in [-0.2, -0.15) is 0 Å². The summed E-state index contributed by atoms with van der Waals surface area (Å²) in [4.78, 5) is 34.2. The van der Waals surface area contributed by atoms with Crippen LogP contribution in [0.3, 0.4) is 0 Å². The van der Waals surface area contributed by atoms with Gasteiger partial charge < -0.3 is 20.3 Å². The molecule has 21 heavy (non-hydrogen) atoms. The van der Waals surface area contributed by atoms with Crippen molar-refractivity contribution in [3.8, 4) is 0 Å². The third kappa shape index (κ3) is 6.12. The van der Waals surface area contributed by atoms with Gasteiger partial charge in [0.15, 0.2) is 0 Å². The zero-order valence-corrected chi connectivity index (χ0v) is 13.5. The Morgan fingerprint density at radius 3 is 1.86 bits per heavy atom. The Balaban J connectivity index is 4.61. The number of carbonyl (C=O) groups is 3. The molecule has 0 bridgehead atoms. The zero-order valence-electron chi connectivity index (χ0n) is 13.5. The van der Waals surface area contributed by atoms with Crippen LogP contribution in [0.5, 0.6) is 0 Å². The van der Waals surface area contributed by atoms with Crippen LogP contribution in [-0.2, 0) is 19.1 Å². The number of esters is 1. The molecule has 0 saturated heterocycles. The van der Waals surface area contributed by atoms with E-state index in [1.807, 2.05) is 0 Å². The van der Waals surface area contributed by atoms with E-state index in [0.717, 1.165) is 0 Å². The Morgan fingerprint density at radius 1 is 1.05 bits per heavy atom. The number of carbonyl (C=O) groups excluding carboxylic acids is 2. The number of hydrogen-bond donors (Lipinski definition) is 2. The van der Waals surface area contributed by atoms with E-state index < -0.39 is 34.6 Å². The number of nitrogens with two attached hydrogens (primary N) is 1. The second-order valence-electron chi connectivity index (χ2n) is 6.97. The van der Waals surface area contributed by atoms with Crippen molar-refractivity contribution in [3.63, 3.8) is 0 Å². The summed E-state index contributed by atoms with van der Waals surface area (Å²) in [5, 5.41) is 9.25. The van der Waals surface area contributed by atoms with Gasteiger partial charge in [-0.05, 0) is 32.6 Å². The lowest BCUT2D eigenvalue weighted by Crippen LogP contribution is -2.58. The van der Waals surface area contributed by atoms with Gasteiger partial charge in [0, 0.05) is 6.42 Å². The lowest BCUT2D eigenvalue weighted by atomic mass is 9.71. The number of ether oxygens (including phenoxy) is 2. The van der Waals surface area contributed by atoms with Crippen LogP contribution in [0.4, 0.5) is 4.79 Å². The minimum Gasteiger partial charge on any atom is -0.480 e. The average molecular weight is 303 g/mol. The Hall–Kier alpha value is -1.63. The highest BCUT2D eigenvalue weighted by atomic mass is 16.7.